The van der Waals surface area contributed by atoms with E-state index in [-0.39, 0.29) is 0 Å². The van der Waals surface area contributed by atoms with E-state index in [0.29, 0.717) is 0 Å². The fourth-order valence-electron chi connectivity index (χ4n) is 0.402. The molecule has 0 N–H and O–H groups in total. The van der Waals surface area contributed by atoms with Gasteiger partial charge in [-0.3, -0.25) is 0 Å². The van der Waals surface area contributed by atoms with Crippen molar-refractivity contribution in [3.05, 3.63) is 22.9 Å². The maximum absolute atomic E-state index is 3.96. The van der Waals surface area contributed by atoms with Gasteiger partial charge >= 0.3 is 64.8 Å². The Morgan fingerprint density at radius 1 is 1.62 bits per heavy atom. The van der Waals surface area contributed by atoms with Gasteiger partial charge in [0.25, 0.3) is 0 Å². The van der Waals surface area contributed by atoms with Crippen LogP contribution < -0.4 is 4.40 Å². The Bertz CT molecular complexity index is 172. The van der Waals surface area contributed by atoms with Crippen molar-refractivity contribution in [3.63, 3.8) is 0 Å². The molecule has 1 heterocycles. The average molecular weight is 230 g/mol. The number of aromatic nitrogens is 1. The standard InChI is InChI=1S/C5H3BrGeN/c6-5-3-4(7)1-2-8-5/h1-3H. The molecule has 0 aliphatic rings. The minimum atomic E-state index is 0.900. The summed E-state index contributed by atoms with van der Waals surface area (Å²) < 4.78 is 2.13. The van der Waals surface area contributed by atoms with Crippen molar-refractivity contribution >= 4 is 36.8 Å². The van der Waals surface area contributed by atoms with Crippen LogP contribution in [0.3, 0.4) is 0 Å². The van der Waals surface area contributed by atoms with Crippen LogP contribution in [-0.2, 0) is 0 Å². The van der Waals surface area contributed by atoms with Gasteiger partial charge in [-0.25, -0.2) is 0 Å². The van der Waals surface area contributed by atoms with E-state index in [0.717, 1.165) is 4.60 Å². The number of hydrogen-bond acceptors (Lipinski definition) is 1. The predicted molar refractivity (Wildman–Crippen MR) is 37.3 cm³/mol. The van der Waals surface area contributed by atoms with Gasteiger partial charge in [0, 0.05) is 0 Å². The van der Waals surface area contributed by atoms with Crippen molar-refractivity contribution in [3.8, 4) is 0 Å². The van der Waals surface area contributed by atoms with Crippen molar-refractivity contribution in [1.29, 1.82) is 0 Å². The van der Waals surface area contributed by atoms with E-state index in [2.05, 4.69) is 20.9 Å². The van der Waals surface area contributed by atoms with Crippen LogP contribution in [0, 0.1) is 0 Å². The van der Waals surface area contributed by atoms with Crippen molar-refractivity contribution in [2.75, 3.05) is 0 Å². The molecule has 3 heteroatoms. The molecule has 0 saturated heterocycles. The topological polar surface area (TPSA) is 12.9 Å². The molecule has 0 atom stereocenters. The molecule has 3 radical (unpaired) electrons. The number of pyridine rings is 1. The molecule has 0 fully saturated rings. The molecular formula is C5H3BrGeN. The minimum absolute atomic E-state index is 0.900. The van der Waals surface area contributed by atoms with Crippen molar-refractivity contribution < 1.29 is 0 Å². The van der Waals surface area contributed by atoms with Crippen molar-refractivity contribution in [1.82, 2.24) is 4.98 Å². The second-order valence-corrected chi connectivity index (χ2v) is 3.39. The van der Waals surface area contributed by atoms with Gasteiger partial charge in [0.2, 0.25) is 0 Å². The monoisotopic (exact) mass is 230 g/mol. The average Bonchev–Trinajstić information content (AvgIpc) is 1.64. The van der Waals surface area contributed by atoms with Crippen LogP contribution in [0.15, 0.2) is 22.9 Å². The second-order valence-electron chi connectivity index (χ2n) is 1.37. The summed E-state index contributed by atoms with van der Waals surface area (Å²) in [6, 6.07) is 3.94. The molecule has 0 saturated carbocycles. The van der Waals surface area contributed by atoms with Crippen molar-refractivity contribution in [2.45, 2.75) is 0 Å². The van der Waals surface area contributed by atoms with Crippen LogP contribution in [0.5, 0.6) is 0 Å². The number of halogens is 1. The summed E-state index contributed by atoms with van der Waals surface area (Å²) in [5.41, 5.74) is 0. The Kier molecular flexibility index (Phi) is 2.08. The van der Waals surface area contributed by atoms with Gasteiger partial charge in [-0.15, -0.1) is 0 Å². The first-order valence-electron chi connectivity index (χ1n) is 2.12. The maximum atomic E-state index is 3.96. The Morgan fingerprint density at radius 3 is 2.75 bits per heavy atom. The summed E-state index contributed by atoms with van der Waals surface area (Å²) in [7, 11) is 0. The molecular weight excluding hydrogens is 227 g/mol. The molecule has 1 rings (SSSR count). The van der Waals surface area contributed by atoms with Gasteiger partial charge in [0.1, 0.15) is 0 Å². The van der Waals surface area contributed by atoms with Gasteiger partial charge in [0.05, 0.1) is 0 Å². The molecule has 1 nitrogen and oxygen atoms in total. The summed E-state index contributed by atoms with van der Waals surface area (Å²) in [6.07, 6.45) is 1.78. The molecule has 0 aromatic carbocycles. The summed E-state index contributed by atoms with van der Waals surface area (Å²) in [5, 5.41) is 0. The SMILES string of the molecule is [Ge][c]1ccnc(Br)c1. The molecule has 0 amide bonds. The third kappa shape index (κ3) is 1.60. The van der Waals surface area contributed by atoms with Gasteiger partial charge in [0.15, 0.2) is 0 Å². The fraction of sp³-hybridized carbons (Fsp3) is 0. The number of hydrogen-bond donors (Lipinski definition) is 0. The third-order valence-corrected chi connectivity index (χ3v) is 1.81. The van der Waals surface area contributed by atoms with Gasteiger partial charge in [-0.2, -0.15) is 0 Å². The van der Waals surface area contributed by atoms with E-state index in [1.807, 2.05) is 28.6 Å². The van der Waals surface area contributed by atoms with Gasteiger partial charge in [-0.1, -0.05) is 0 Å². The Labute approximate surface area is 64.9 Å². The predicted octanol–water partition coefficient (Wildman–Crippen LogP) is 0.638. The van der Waals surface area contributed by atoms with Crippen LogP contribution in [0.1, 0.15) is 0 Å². The molecule has 0 bridgehead atoms. The molecule has 0 aliphatic heterocycles. The summed E-state index contributed by atoms with van der Waals surface area (Å²) in [4.78, 5) is 3.96. The van der Waals surface area contributed by atoms with Crippen LogP contribution in [-0.4, -0.2) is 21.5 Å². The molecule has 0 unspecified atom stereocenters. The zero-order valence-electron chi connectivity index (χ0n) is 4.06. The third-order valence-electron chi connectivity index (χ3n) is 0.727. The van der Waals surface area contributed by atoms with E-state index in [4.69, 9.17) is 0 Å². The number of nitrogens with zero attached hydrogens (tertiary/aromatic N) is 1. The molecule has 8 heavy (non-hydrogen) atoms. The fourth-order valence-corrected chi connectivity index (χ4v) is 1.65. The quantitative estimate of drug-likeness (QED) is 0.470. The van der Waals surface area contributed by atoms with E-state index in [1.165, 1.54) is 4.40 Å². The van der Waals surface area contributed by atoms with E-state index in [1.54, 1.807) is 6.20 Å². The summed E-state index contributed by atoms with van der Waals surface area (Å²) in [5.74, 6) is 0. The first-order chi connectivity index (χ1) is 3.79. The summed E-state index contributed by atoms with van der Waals surface area (Å²) in [6.45, 7) is 0. The first-order valence-corrected chi connectivity index (χ1v) is 3.96. The van der Waals surface area contributed by atoms with Crippen LogP contribution in [0.25, 0.3) is 0 Å². The van der Waals surface area contributed by atoms with E-state index in [9.17, 15) is 0 Å². The first kappa shape index (κ1) is 6.30. The van der Waals surface area contributed by atoms with E-state index >= 15 is 0 Å². The van der Waals surface area contributed by atoms with Crippen molar-refractivity contribution in [2.24, 2.45) is 0 Å². The molecule has 0 aliphatic carbocycles. The van der Waals surface area contributed by atoms with Crippen LogP contribution in [0.2, 0.25) is 0 Å². The Hall–Kier alpha value is 0.173. The van der Waals surface area contributed by atoms with Crippen LogP contribution >= 0.6 is 15.9 Å². The normalized spacial score (nSPS) is 9.25. The van der Waals surface area contributed by atoms with E-state index < -0.39 is 0 Å². The molecule has 39 valence electrons. The Morgan fingerprint density at radius 2 is 2.38 bits per heavy atom. The molecule has 1 aromatic heterocycles. The zero-order valence-corrected chi connectivity index (χ0v) is 7.74. The summed E-state index contributed by atoms with van der Waals surface area (Å²) >= 11 is 5.29. The zero-order chi connectivity index (χ0) is 5.98. The number of rotatable bonds is 0. The Balaban J connectivity index is 3.08. The molecule has 1 aromatic rings. The molecule has 0 spiro atoms. The van der Waals surface area contributed by atoms with Crippen LogP contribution in [0.4, 0.5) is 0 Å². The van der Waals surface area contributed by atoms with Gasteiger partial charge in [-0.05, 0) is 0 Å². The second kappa shape index (κ2) is 2.64. The van der Waals surface area contributed by atoms with Gasteiger partial charge < -0.3 is 0 Å².